The number of benzene rings is 3. The molecule has 0 saturated carbocycles. The number of nitrogens with one attached hydrogen (secondary N) is 4. The maximum absolute atomic E-state index is 12.5. The number of rotatable bonds is 20. The Balaban J connectivity index is 1.84. The Hall–Kier alpha value is -6.80. The van der Waals surface area contributed by atoms with Crippen LogP contribution in [0.1, 0.15) is 109 Å². The van der Waals surface area contributed by atoms with Crippen LogP contribution in [-0.2, 0) is 18.9 Å². The van der Waals surface area contributed by atoms with Crippen molar-refractivity contribution in [3.8, 4) is 45.3 Å². The van der Waals surface area contributed by atoms with Gasteiger partial charge < -0.3 is 49.4 Å². The SMILES string of the molecule is CC(C)(C)OC(=O)NC(=NCCCOc1cc(OCCCN)cc(-c2cccc(-c3cc(OCCCN)cc(OCCCN=C(NC(=O)OC(C)(C)C)NC(=O)OC(C)(C)C)c3)c2)c1)NC(=O)OC(C)(C)C. The van der Waals surface area contributed by atoms with E-state index in [1.165, 1.54) is 0 Å². The molecular weight excluding hydrogens is 929 g/mol. The molecule has 0 aliphatic carbocycles. The van der Waals surface area contributed by atoms with Crippen molar-refractivity contribution in [3.63, 3.8) is 0 Å². The fourth-order valence-corrected chi connectivity index (χ4v) is 5.95. The fourth-order valence-electron chi connectivity index (χ4n) is 5.95. The maximum atomic E-state index is 12.5. The lowest BCUT2D eigenvalue weighted by Gasteiger charge is -2.22. The normalized spacial score (nSPS) is 11.5. The number of hydrogen-bond acceptors (Lipinski definition) is 16. The zero-order valence-corrected chi connectivity index (χ0v) is 44.2. The molecule has 0 aliphatic heterocycles. The van der Waals surface area contributed by atoms with Crippen LogP contribution in [0.15, 0.2) is 70.6 Å². The third-order valence-electron chi connectivity index (χ3n) is 8.68. The number of hydrogen-bond donors (Lipinski definition) is 6. The molecule has 0 aliphatic rings. The molecular formula is C52H78N8O12. The zero-order valence-electron chi connectivity index (χ0n) is 44.2. The van der Waals surface area contributed by atoms with Gasteiger partial charge in [0.05, 0.1) is 26.4 Å². The van der Waals surface area contributed by atoms with Gasteiger partial charge in [0.15, 0.2) is 0 Å². The highest BCUT2D eigenvalue weighted by atomic mass is 16.6. The minimum Gasteiger partial charge on any atom is -0.493 e. The van der Waals surface area contributed by atoms with Crippen LogP contribution in [0.25, 0.3) is 22.3 Å². The minimum atomic E-state index is -0.786. The van der Waals surface area contributed by atoms with Gasteiger partial charge in [0, 0.05) is 38.1 Å². The van der Waals surface area contributed by atoms with Gasteiger partial charge in [-0.15, -0.1) is 0 Å². The van der Waals surface area contributed by atoms with Crippen LogP contribution in [0.4, 0.5) is 19.2 Å². The van der Waals surface area contributed by atoms with E-state index >= 15 is 0 Å². The molecule has 20 heteroatoms. The third-order valence-corrected chi connectivity index (χ3v) is 8.68. The summed E-state index contributed by atoms with van der Waals surface area (Å²) in [7, 11) is 0. The van der Waals surface area contributed by atoms with E-state index in [1.54, 1.807) is 95.2 Å². The molecule has 3 aromatic rings. The largest absolute Gasteiger partial charge is 0.493 e. The summed E-state index contributed by atoms with van der Waals surface area (Å²) in [5.41, 5.74) is 11.8. The predicted octanol–water partition coefficient (Wildman–Crippen LogP) is 8.82. The Morgan fingerprint density at radius 3 is 0.958 bits per heavy atom. The molecule has 8 N–H and O–H groups in total. The van der Waals surface area contributed by atoms with Gasteiger partial charge in [0.25, 0.3) is 0 Å². The Bertz CT molecular complexity index is 2070. The maximum Gasteiger partial charge on any atom is 0.414 e. The average Bonchev–Trinajstić information content (AvgIpc) is 3.23. The highest BCUT2D eigenvalue weighted by Gasteiger charge is 2.23. The van der Waals surface area contributed by atoms with Crippen LogP contribution in [0.5, 0.6) is 23.0 Å². The zero-order chi connectivity index (χ0) is 53.5. The number of nitrogens with two attached hydrogens (primary N) is 2. The molecule has 0 fully saturated rings. The summed E-state index contributed by atoms with van der Waals surface area (Å²) in [5, 5.41) is 9.94. The molecule has 3 aromatic carbocycles. The van der Waals surface area contributed by atoms with Crippen LogP contribution >= 0.6 is 0 Å². The number of aliphatic imine (C=N–C) groups is 2. The first-order valence-corrected chi connectivity index (χ1v) is 24.1. The highest BCUT2D eigenvalue weighted by Crippen LogP contribution is 2.35. The molecule has 0 saturated heterocycles. The van der Waals surface area contributed by atoms with Crippen LogP contribution in [0, 0.1) is 0 Å². The van der Waals surface area contributed by atoms with E-state index in [2.05, 4.69) is 31.3 Å². The Morgan fingerprint density at radius 1 is 0.417 bits per heavy atom. The van der Waals surface area contributed by atoms with Crippen molar-refractivity contribution in [3.05, 3.63) is 60.7 Å². The van der Waals surface area contributed by atoms with Gasteiger partial charge in [0.2, 0.25) is 11.9 Å². The molecule has 0 aromatic heterocycles. The van der Waals surface area contributed by atoms with Gasteiger partial charge in [-0.05, 0) is 162 Å². The molecule has 0 atom stereocenters. The molecule has 398 valence electrons. The predicted molar refractivity (Wildman–Crippen MR) is 278 cm³/mol. The standard InChI is InChI=1S/C52H78N8O12/c1-49(2,3)69-45(61)57-43(58-46(62)70-50(4,5)6)55-22-16-26-67-41-31-37(29-39(33-41)65-24-14-20-53)35-18-13-19-36(28-35)38-30-40(66-25-15-21-54)34-42(32-38)68-27-17-23-56-44(59-47(63)71-51(7,8)9)60-48(64)72-52(10,11)12/h13,18-19,28-34H,14-17,20-27,53-54H2,1-12H3,(H2,55,57,58,61,62)(H2,56,59,60,63,64). The van der Waals surface area contributed by atoms with E-state index in [-0.39, 0.29) is 38.2 Å². The van der Waals surface area contributed by atoms with Crippen molar-refractivity contribution in [2.75, 3.05) is 52.6 Å². The van der Waals surface area contributed by atoms with Crippen molar-refractivity contribution in [1.29, 1.82) is 0 Å². The van der Waals surface area contributed by atoms with E-state index < -0.39 is 46.8 Å². The number of guanidine groups is 2. The smallest absolute Gasteiger partial charge is 0.414 e. The summed E-state index contributed by atoms with van der Waals surface area (Å²) < 4.78 is 46.0. The van der Waals surface area contributed by atoms with Crippen LogP contribution in [0.2, 0.25) is 0 Å². The van der Waals surface area contributed by atoms with Gasteiger partial charge in [-0.2, -0.15) is 0 Å². The minimum absolute atomic E-state index is 0.122. The number of carbonyl (C=O) groups is 4. The van der Waals surface area contributed by atoms with Crippen molar-refractivity contribution in [2.24, 2.45) is 21.5 Å². The lowest BCUT2D eigenvalue weighted by atomic mass is 9.98. The van der Waals surface area contributed by atoms with Crippen molar-refractivity contribution in [1.82, 2.24) is 21.3 Å². The number of amides is 4. The number of carbonyl (C=O) groups excluding carboxylic acids is 4. The Labute approximate surface area is 424 Å². The molecule has 20 nitrogen and oxygen atoms in total. The van der Waals surface area contributed by atoms with Gasteiger partial charge in [-0.3, -0.25) is 31.3 Å². The van der Waals surface area contributed by atoms with Gasteiger partial charge in [-0.25, -0.2) is 19.2 Å². The summed E-state index contributed by atoms with van der Waals surface area (Å²) in [6.45, 7) is 23.3. The first kappa shape index (κ1) is 59.5. The molecule has 0 bridgehead atoms. The summed E-state index contributed by atoms with van der Waals surface area (Å²) >= 11 is 0. The number of ether oxygens (including phenoxy) is 8. The van der Waals surface area contributed by atoms with Crippen molar-refractivity contribution >= 4 is 36.3 Å². The van der Waals surface area contributed by atoms with Gasteiger partial charge in [-0.1, -0.05) is 18.2 Å². The number of alkyl carbamates (subject to hydrolysis) is 4. The van der Waals surface area contributed by atoms with Crippen LogP contribution in [-0.4, -0.2) is 111 Å². The molecule has 4 amide bonds. The van der Waals surface area contributed by atoms with Gasteiger partial charge in [0.1, 0.15) is 45.4 Å². The Morgan fingerprint density at radius 2 is 0.694 bits per heavy atom. The van der Waals surface area contributed by atoms with Crippen LogP contribution in [0.3, 0.4) is 0 Å². The molecule has 0 unspecified atom stereocenters. The van der Waals surface area contributed by atoms with E-state index in [4.69, 9.17) is 49.4 Å². The quantitative estimate of drug-likeness (QED) is 0.0267. The van der Waals surface area contributed by atoms with Crippen molar-refractivity contribution in [2.45, 2.75) is 131 Å². The van der Waals surface area contributed by atoms with E-state index in [0.29, 0.717) is 75.0 Å². The second kappa shape index (κ2) is 28.3. The topological polar surface area (TPSA) is 267 Å². The molecule has 0 spiro atoms. The summed E-state index contributed by atoms with van der Waals surface area (Å²) in [4.78, 5) is 58.9. The lowest BCUT2D eigenvalue weighted by molar-refractivity contribution is 0.0521. The van der Waals surface area contributed by atoms with E-state index in [0.717, 1.165) is 22.3 Å². The second-order valence-corrected chi connectivity index (χ2v) is 20.3. The molecule has 72 heavy (non-hydrogen) atoms. The molecule has 0 radical (unpaired) electrons. The third kappa shape index (κ3) is 25.9. The second-order valence-electron chi connectivity index (χ2n) is 20.3. The Kier molecular flexibility index (Phi) is 23.4. The first-order chi connectivity index (χ1) is 33.7. The van der Waals surface area contributed by atoms with E-state index in [1.807, 2.05) is 48.5 Å². The summed E-state index contributed by atoms with van der Waals surface area (Å²) in [6.07, 6.45) is -1.00. The van der Waals surface area contributed by atoms with Crippen LogP contribution < -0.4 is 51.7 Å². The molecule has 3 rings (SSSR count). The highest BCUT2D eigenvalue weighted by molar-refractivity contribution is 6.02. The first-order valence-electron chi connectivity index (χ1n) is 24.1. The monoisotopic (exact) mass is 1010 g/mol. The summed E-state index contributed by atoms with van der Waals surface area (Å²) in [6, 6.07) is 19.3. The summed E-state index contributed by atoms with van der Waals surface area (Å²) in [5.74, 6) is 2.04. The fraction of sp³-hybridized carbons (Fsp3) is 0.538. The lowest BCUT2D eigenvalue weighted by Crippen LogP contribution is -2.47. The van der Waals surface area contributed by atoms with Gasteiger partial charge >= 0.3 is 24.4 Å². The molecule has 0 heterocycles. The van der Waals surface area contributed by atoms with Crippen molar-refractivity contribution < 1.29 is 57.1 Å². The van der Waals surface area contributed by atoms with E-state index in [9.17, 15) is 19.2 Å². The number of nitrogens with zero attached hydrogens (tertiary/aromatic N) is 2. The average molecular weight is 1010 g/mol.